The Labute approximate surface area is 117 Å². The van der Waals surface area contributed by atoms with E-state index in [1.807, 2.05) is 11.8 Å². The molecule has 110 valence electrons. The number of rotatable bonds is 5. The van der Waals surface area contributed by atoms with Crippen molar-refractivity contribution in [3.05, 3.63) is 0 Å². The van der Waals surface area contributed by atoms with Crippen molar-refractivity contribution in [2.24, 2.45) is 0 Å². The molecule has 1 rings (SSSR count). The molecule has 0 spiro atoms. The first-order valence-electron chi connectivity index (χ1n) is 6.27. The molecule has 0 aromatic carbocycles. The molecule has 0 aliphatic carbocycles. The SMILES string of the molecule is COCCC(NC(=O)N1CCSC(C)(C)C1)C(=O)O. The van der Waals surface area contributed by atoms with Crippen molar-refractivity contribution in [1.29, 1.82) is 0 Å². The normalized spacial score (nSPS) is 19.8. The third-order valence-corrected chi connectivity index (χ3v) is 4.22. The molecule has 1 unspecified atom stereocenters. The van der Waals surface area contributed by atoms with E-state index >= 15 is 0 Å². The molecule has 1 heterocycles. The minimum atomic E-state index is -1.03. The van der Waals surface area contributed by atoms with Gasteiger partial charge in [0.1, 0.15) is 6.04 Å². The predicted octanol–water partition coefficient (Wildman–Crippen LogP) is 1.01. The summed E-state index contributed by atoms with van der Waals surface area (Å²) in [6.45, 7) is 5.74. The lowest BCUT2D eigenvalue weighted by molar-refractivity contribution is -0.139. The van der Waals surface area contributed by atoms with E-state index in [1.54, 1.807) is 4.90 Å². The van der Waals surface area contributed by atoms with Crippen LogP contribution in [0.3, 0.4) is 0 Å². The zero-order chi connectivity index (χ0) is 14.5. The van der Waals surface area contributed by atoms with E-state index in [9.17, 15) is 9.59 Å². The number of carboxylic acid groups (broad SMARTS) is 1. The van der Waals surface area contributed by atoms with E-state index in [4.69, 9.17) is 9.84 Å². The summed E-state index contributed by atoms with van der Waals surface area (Å²) in [7, 11) is 1.51. The fourth-order valence-electron chi connectivity index (χ4n) is 1.92. The van der Waals surface area contributed by atoms with Gasteiger partial charge in [0.15, 0.2) is 0 Å². The second kappa shape index (κ2) is 7.00. The van der Waals surface area contributed by atoms with Gasteiger partial charge in [-0.05, 0) is 13.8 Å². The van der Waals surface area contributed by atoms with Gasteiger partial charge in [0.25, 0.3) is 0 Å². The molecule has 2 N–H and O–H groups in total. The van der Waals surface area contributed by atoms with Gasteiger partial charge in [-0.15, -0.1) is 0 Å². The van der Waals surface area contributed by atoms with Gasteiger partial charge in [-0.25, -0.2) is 9.59 Å². The molecule has 6 nitrogen and oxygen atoms in total. The fraction of sp³-hybridized carbons (Fsp3) is 0.833. The van der Waals surface area contributed by atoms with Gasteiger partial charge in [0, 0.05) is 43.7 Å². The smallest absolute Gasteiger partial charge is 0.326 e. The summed E-state index contributed by atoms with van der Waals surface area (Å²) in [5.41, 5.74) is 0. The molecule has 1 saturated heterocycles. The Balaban J connectivity index is 2.54. The number of carbonyl (C=O) groups excluding carboxylic acids is 1. The minimum Gasteiger partial charge on any atom is -0.480 e. The largest absolute Gasteiger partial charge is 0.480 e. The number of urea groups is 1. The highest BCUT2D eigenvalue weighted by Crippen LogP contribution is 2.29. The van der Waals surface area contributed by atoms with E-state index in [0.717, 1.165) is 5.75 Å². The van der Waals surface area contributed by atoms with Crippen molar-refractivity contribution in [3.63, 3.8) is 0 Å². The van der Waals surface area contributed by atoms with E-state index < -0.39 is 12.0 Å². The summed E-state index contributed by atoms with van der Waals surface area (Å²) < 4.78 is 4.87. The number of aliphatic carboxylic acids is 1. The molecule has 2 amide bonds. The second-order valence-corrected chi connectivity index (χ2v) is 6.95. The molecule has 0 radical (unpaired) electrons. The molecule has 0 aromatic heterocycles. The van der Waals surface area contributed by atoms with Gasteiger partial charge < -0.3 is 20.1 Å². The number of hydrogen-bond donors (Lipinski definition) is 2. The number of carboxylic acids is 1. The quantitative estimate of drug-likeness (QED) is 0.790. The monoisotopic (exact) mass is 290 g/mol. The lowest BCUT2D eigenvalue weighted by Gasteiger charge is -2.37. The van der Waals surface area contributed by atoms with Crippen LogP contribution in [0.15, 0.2) is 0 Å². The van der Waals surface area contributed by atoms with Crippen LogP contribution in [0.4, 0.5) is 4.79 Å². The van der Waals surface area contributed by atoms with Crippen LogP contribution in [0.25, 0.3) is 0 Å². The Morgan fingerprint density at radius 1 is 1.53 bits per heavy atom. The van der Waals surface area contributed by atoms with Crippen LogP contribution in [0.2, 0.25) is 0 Å². The number of nitrogens with zero attached hydrogens (tertiary/aromatic N) is 1. The Bertz CT molecular complexity index is 336. The molecular formula is C12H22N2O4S. The fourth-order valence-corrected chi connectivity index (χ4v) is 3.03. The van der Waals surface area contributed by atoms with Crippen LogP contribution in [0.5, 0.6) is 0 Å². The summed E-state index contributed by atoms with van der Waals surface area (Å²) in [4.78, 5) is 24.8. The standard InChI is InChI=1S/C12H22N2O4S/c1-12(2)8-14(5-7-19-12)11(17)13-9(10(15)16)4-6-18-3/h9H,4-8H2,1-3H3,(H,13,17)(H,15,16). The van der Waals surface area contributed by atoms with E-state index in [2.05, 4.69) is 19.2 Å². The van der Waals surface area contributed by atoms with Crippen molar-refractivity contribution < 1.29 is 19.4 Å². The van der Waals surface area contributed by atoms with Gasteiger partial charge in [-0.1, -0.05) is 0 Å². The molecule has 1 atom stereocenters. The first-order valence-corrected chi connectivity index (χ1v) is 7.25. The van der Waals surface area contributed by atoms with Crippen molar-refractivity contribution >= 4 is 23.8 Å². The highest BCUT2D eigenvalue weighted by Gasteiger charge is 2.31. The van der Waals surface area contributed by atoms with Gasteiger partial charge in [0.2, 0.25) is 0 Å². The van der Waals surface area contributed by atoms with E-state index in [-0.39, 0.29) is 17.2 Å². The molecule has 1 fully saturated rings. The Morgan fingerprint density at radius 3 is 2.74 bits per heavy atom. The lowest BCUT2D eigenvalue weighted by atomic mass is 10.2. The highest BCUT2D eigenvalue weighted by molar-refractivity contribution is 8.00. The van der Waals surface area contributed by atoms with Gasteiger partial charge in [0.05, 0.1) is 0 Å². The molecule has 1 aliphatic heterocycles. The van der Waals surface area contributed by atoms with E-state index in [1.165, 1.54) is 7.11 Å². The number of hydrogen-bond acceptors (Lipinski definition) is 4. The summed E-state index contributed by atoms with van der Waals surface area (Å²) in [5, 5.41) is 11.6. The number of ether oxygens (including phenoxy) is 1. The Kier molecular flexibility index (Phi) is 5.93. The zero-order valence-electron chi connectivity index (χ0n) is 11.6. The maximum atomic E-state index is 12.1. The molecule has 0 aromatic rings. The van der Waals surface area contributed by atoms with Crippen molar-refractivity contribution in [1.82, 2.24) is 10.2 Å². The molecule has 0 bridgehead atoms. The maximum Gasteiger partial charge on any atom is 0.326 e. The third kappa shape index (κ3) is 5.28. The number of amides is 2. The van der Waals surface area contributed by atoms with Crippen molar-refractivity contribution in [2.75, 3.05) is 32.6 Å². The summed E-state index contributed by atoms with van der Waals surface area (Å²) in [6, 6.07) is -1.21. The zero-order valence-corrected chi connectivity index (χ0v) is 12.5. The van der Waals surface area contributed by atoms with Crippen molar-refractivity contribution in [3.8, 4) is 0 Å². The number of thioether (sulfide) groups is 1. The average molecular weight is 290 g/mol. The first-order chi connectivity index (χ1) is 8.85. The van der Waals surface area contributed by atoms with E-state index in [0.29, 0.717) is 19.7 Å². The Morgan fingerprint density at radius 2 is 2.21 bits per heavy atom. The van der Waals surface area contributed by atoms with Gasteiger partial charge in [-0.3, -0.25) is 0 Å². The summed E-state index contributed by atoms with van der Waals surface area (Å²) >= 11 is 1.82. The minimum absolute atomic E-state index is 0.0147. The van der Waals surface area contributed by atoms with Crippen LogP contribution in [-0.4, -0.2) is 65.4 Å². The summed E-state index contributed by atoms with van der Waals surface area (Å²) in [6.07, 6.45) is 0.267. The number of carbonyl (C=O) groups is 2. The third-order valence-electron chi connectivity index (χ3n) is 2.92. The first kappa shape index (κ1) is 16.1. The topological polar surface area (TPSA) is 78.9 Å². The number of nitrogens with one attached hydrogen (secondary N) is 1. The van der Waals surface area contributed by atoms with Crippen LogP contribution >= 0.6 is 11.8 Å². The van der Waals surface area contributed by atoms with Crippen LogP contribution in [-0.2, 0) is 9.53 Å². The highest BCUT2D eigenvalue weighted by atomic mass is 32.2. The molecule has 0 saturated carbocycles. The van der Waals surface area contributed by atoms with Crippen LogP contribution in [0.1, 0.15) is 20.3 Å². The molecule has 1 aliphatic rings. The molecule has 19 heavy (non-hydrogen) atoms. The van der Waals surface area contributed by atoms with Gasteiger partial charge in [-0.2, -0.15) is 11.8 Å². The molecular weight excluding hydrogens is 268 g/mol. The number of methoxy groups -OCH3 is 1. The van der Waals surface area contributed by atoms with Crippen LogP contribution in [0, 0.1) is 0 Å². The van der Waals surface area contributed by atoms with Crippen molar-refractivity contribution in [2.45, 2.75) is 31.1 Å². The molecule has 7 heteroatoms. The average Bonchev–Trinajstić information content (AvgIpc) is 2.32. The summed E-state index contributed by atoms with van der Waals surface area (Å²) in [5.74, 6) is -0.160. The van der Waals surface area contributed by atoms with Crippen LogP contribution < -0.4 is 5.32 Å². The Hall–Kier alpha value is -0.950. The van der Waals surface area contributed by atoms with Gasteiger partial charge >= 0.3 is 12.0 Å². The predicted molar refractivity (Wildman–Crippen MR) is 74.6 cm³/mol. The second-order valence-electron chi connectivity index (χ2n) is 5.15. The lowest BCUT2D eigenvalue weighted by Crippen LogP contribution is -2.53. The maximum absolute atomic E-state index is 12.1.